The average Bonchev–Trinajstić information content (AvgIpc) is 1.49. The summed E-state index contributed by atoms with van der Waals surface area (Å²) in [6.07, 6.45) is 5.61. The summed E-state index contributed by atoms with van der Waals surface area (Å²) in [4.78, 5) is 41.2. The molecular formula is C54H66N2O23S5. The maximum absolute atomic E-state index is 13.1. The Morgan fingerprint density at radius 2 is 1.23 bits per heavy atom. The maximum Gasteiger partial charge on any atom is 0.333 e. The lowest BCUT2D eigenvalue weighted by atomic mass is 9.70. The number of fused-ring (bicyclic) bond motifs is 4. The Bertz CT molecular complexity index is 3920. The number of allylic oxidation sites excluding steroid dienone is 7. The molecule has 6 rings (SSSR count). The van der Waals surface area contributed by atoms with E-state index in [0.29, 0.717) is 58.5 Å². The average molecular weight is 1270 g/mol. The molecule has 25 nitrogen and oxygen atoms in total. The van der Waals surface area contributed by atoms with Crippen LogP contribution in [0.3, 0.4) is 0 Å². The number of nitrogens with zero attached hydrogens (tertiary/aromatic N) is 2. The predicted octanol–water partition coefficient (Wildman–Crippen LogP) is 6.41. The van der Waals surface area contributed by atoms with E-state index in [4.69, 9.17) is 23.8 Å². The molecule has 2 atom stereocenters. The van der Waals surface area contributed by atoms with Gasteiger partial charge in [0.25, 0.3) is 62.4 Å². The molecule has 1 fully saturated rings. The van der Waals surface area contributed by atoms with Crippen LogP contribution in [0.25, 0.3) is 21.5 Å². The largest absolute Gasteiger partial charge is 0.382 e. The normalized spacial score (nSPS) is 17.7. The highest BCUT2D eigenvalue weighted by Gasteiger charge is 2.45. The number of methoxy groups -OCH3 is 1. The van der Waals surface area contributed by atoms with E-state index in [1.54, 1.807) is 56.9 Å². The van der Waals surface area contributed by atoms with Gasteiger partial charge in [0.1, 0.15) is 9.79 Å². The van der Waals surface area contributed by atoms with Crippen molar-refractivity contribution >= 4 is 95.6 Å². The third-order valence-electron chi connectivity index (χ3n) is 14.5. The monoisotopic (exact) mass is 1270 g/mol. The zero-order valence-corrected chi connectivity index (χ0v) is 50.6. The third-order valence-corrected chi connectivity index (χ3v) is 18.7. The van der Waals surface area contributed by atoms with Crippen LogP contribution >= 0.6 is 0 Å². The second-order valence-corrected chi connectivity index (χ2v) is 27.6. The molecule has 2 unspecified atom stereocenters. The summed E-state index contributed by atoms with van der Waals surface area (Å²) in [5.41, 5.74) is -0.267. The minimum atomic E-state index is -5.17. The Labute approximate surface area is 487 Å². The number of hydrogen-bond acceptors (Lipinski definition) is 19. The highest BCUT2D eigenvalue weighted by molar-refractivity contribution is 7.87. The van der Waals surface area contributed by atoms with E-state index in [2.05, 4.69) is 6.58 Å². The summed E-state index contributed by atoms with van der Waals surface area (Å²) in [5.74, 6) is -3.04. The number of hydroxylamine groups is 2. The number of imide groups is 1. The number of rotatable bonds is 30. The predicted molar refractivity (Wildman–Crippen MR) is 305 cm³/mol. The molecule has 4 aromatic carbocycles. The number of benzene rings is 4. The van der Waals surface area contributed by atoms with E-state index in [-0.39, 0.29) is 117 Å². The van der Waals surface area contributed by atoms with E-state index in [0.717, 1.165) is 12.1 Å². The van der Waals surface area contributed by atoms with E-state index < -0.39 is 105 Å². The minimum absolute atomic E-state index is 0.00602. The molecule has 1 saturated heterocycles. The van der Waals surface area contributed by atoms with Gasteiger partial charge in [-0.25, -0.2) is 4.79 Å². The van der Waals surface area contributed by atoms with Gasteiger partial charge in [-0.05, 0) is 116 Å². The molecule has 0 bridgehead atoms. The van der Waals surface area contributed by atoms with Crippen molar-refractivity contribution in [2.45, 2.75) is 103 Å². The molecule has 0 saturated carbocycles. The summed E-state index contributed by atoms with van der Waals surface area (Å²) in [6.45, 7) is 12.5. The summed E-state index contributed by atoms with van der Waals surface area (Å²) < 4.78 is 199. The molecule has 84 heavy (non-hydrogen) atoms. The lowest BCUT2D eigenvalue weighted by Gasteiger charge is -2.34. The van der Waals surface area contributed by atoms with Crippen molar-refractivity contribution in [1.29, 1.82) is 0 Å². The fraction of sp³-hybridized carbons (Fsp3) is 0.426. The van der Waals surface area contributed by atoms with E-state index >= 15 is 0 Å². The molecule has 5 N–H and O–H groups in total. The van der Waals surface area contributed by atoms with Crippen molar-refractivity contribution in [3.8, 4) is 0 Å². The molecule has 2 amide bonds. The zero-order valence-electron chi connectivity index (χ0n) is 46.5. The highest BCUT2D eigenvalue weighted by Crippen LogP contribution is 2.54. The Kier molecular flexibility index (Phi) is 21.5. The molecule has 0 spiro atoms. The van der Waals surface area contributed by atoms with Crippen molar-refractivity contribution in [1.82, 2.24) is 5.06 Å². The Balaban J connectivity index is 1.49. The standard InChI is InChI=1S/C54H66N2O23S5/c1-35(10-13-37(3)53(4,20-8-30-80(60,61)62)51-36(2)12-14-40-42(51)31-38(81(63,64)65)33-45(40)83(69,70)71)11-17-47-54(5,21-23-76-26-27-78-29-28-77-25-24-75-6)52-43-32-39(82(66,67)68)34-46(84(72,73)74)41(43)15-16-44(52)55(47)22-7-9-50(59)79-56-48(57)18-19-49(56)58/h10-17,31-34H,3,7-9,18-30H2,1-2,4-6H3,(H,60,61,62)(H,63,64,65)(H,66,67,68)(H,69,70,71)(H,72,73,74)/b13-10+,35-11+,47-17+. The first-order valence-corrected chi connectivity index (χ1v) is 33.3. The van der Waals surface area contributed by atoms with E-state index in [9.17, 15) is 79.2 Å². The third kappa shape index (κ3) is 16.2. The fourth-order valence-electron chi connectivity index (χ4n) is 10.3. The van der Waals surface area contributed by atoms with Gasteiger partial charge < -0.3 is 28.7 Å². The molecule has 0 radical (unpaired) electrons. The second-order valence-electron chi connectivity index (χ2n) is 20.4. The number of aryl methyl sites for hydroxylation is 1. The molecule has 30 heteroatoms. The molecule has 0 aromatic heterocycles. The summed E-state index contributed by atoms with van der Waals surface area (Å²) >= 11 is 0. The van der Waals surface area contributed by atoms with Gasteiger partial charge in [0.05, 0.1) is 55.2 Å². The lowest BCUT2D eigenvalue weighted by Crippen LogP contribution is -2.33. The first-order chi connectivity index (χ1) is 39.0. The first-order valence-electron chi connectivity index (χ1n) is 25.9. The summed E-state index contributed by atoms with van der Waals surface area (Å²) in [5, 5.41) is 0.0439. The van der Waals surface area contributed by atoms with Gasteiger partial charge in [-0.15, -0.1) is 5.06 Å². The van der Waals surface area contributed by atoms with Crippen molar-refractivity contribution in [2.75, 3.05) is 70.6 Å². The number of carbonyl (C=O) groups is 3. The molecule has 2 aliphatic rings. The topological polar surface area (TPSA) is 376 Å². The van der Waals surface area contributed by atoms with Gasteiger partial charge >= 0.3 is 5.97 Å². The van der Waals surface area contributed by atoms with E-state index in [1.165, 1.54) is 31.4 Å². The van der Waals surface area contributed by atoms with Crippen LogP contribution in [-0.2, 0) is 99.6 Å². The zero-order chi connectivity index (χ0) is 62.4. The van der Waals surface area contributed by atoms with Crippen LogP contribution in [-0.4, -0.2) is 153 Å². The van der Waals surface area contributed by atoms with Gasteiger partial charge in [-0.1, -0.05) is 55.5 Å². The number of amides is 2. The molecule has 0 aliphatic carbocycles. The highest BCUT2D eigenvalue weighted by atomic mass is 32.2. The minimum Gasteiger partial charge on any atom is -0.382 e. The SMILES string of the molecule is C=C(/C=C/C(C)=C/C=C1/N(CCCC(=O)ON2C(=O)CCC2=O)c2ccc3c(S(=O)(=O)O)cc(S(=O)(=O)O)cc3c2C1(C)CCOCCOCCOCCOC)C(C)(CCCS(=O)(=O)O)c1c(C)ccc2c(S(=O)(=O)O)cc(S(=O)(=O)O)cc12. The second kappa shape index (κ2) is 26.8. The van der Waals surface area contributed by atoms with Crippen LogP contribution in [0.4, 0.5) is 5.69 Å². The van der Waals surface area contributed by atoms with Gasteiger partial charge in [-0.3, -0.25) is 32.4 Å². The van der Waals surface area contributed by atoms with Crippen LogP contribution in [0.1, 0.15) is 82.4 Å². The maximum atomic E-state index is 13.1. The molecular weight excluding hydrogens is 1200 g/mol. The van der Waals surface area contributed by atoms with Crippen LogP contribution in [0.2, 0.25) is 0 Å². The number of anilines is 1. The van der Waals surface area contributed by atoms with Gasteiger partial charge in [0, 0.05) is 72.5 Å². The van der Waals surface area contributed by atoms with Crippen molar-refractivity contribution < 1.29 is 103 Å². The van der Waals surface area contributed by atoms with Crippen LogP contribution in [0.15, 0.2) is 116 Å². The van der Waals surface area contributed by atoms with Crippen LogP contribution < -0.4 is 4.90 Å². The van der Waals surface area contributed by atoms with Crippen LogP contribution in [0, 0.1) is 6.92 Å². The molecule has 460 valence electrons. The van der Waals surface area contributed by atoms with E-state index in [1.807, 2.05) is 0 Å². The van der Waals surface area contributed by atoms with Crippen molar-refractivity contribution in [2.24, 2.45) is 0 Å². The number of carbonyl (C=O) groups excluding carboxylic acids is 3. The number of hydrogen-bond donors (Lipinski definition) is 5. The quantitative estimate of drug-likeness (QED) is 0.0163. The Morgan fingerprint density at radius 3 is 1.76 bits per heavy atom. The van der Waals surface area contributed by atoms with Crippen molar-refractivity contribution in [3.05, 3.63) is 113 Å². The lowest BCUT2D eigenvalue weighted by molar-refractivity contribution is -0.197. The summed E-state index contributed by atoms with van der Waals surface area (Å²) in [6, 6.07) is 8.96. The van der Waals surface area contributed by atoms with Crippen LogP contribution in [0.5, 0.6) is 0 Å². The van der Waals surface area contributed by atoms with Gasteiger partial charge in [-0.2, -0.15) is 42.1 Å². The fourth-order valence-corrected chi connectivity index (χ4v) is 13.5. The number of ether oxygens (including phenoxy) is 4. The Morgan fingerprint density at radius 1 is 0.702 bits per heavy atom. The summed E-state index contributed by atoms with van der Waals surface area (Å²) in [7, 11) is -23.5. The van der Waals surface area contributed by atoms with Crippen molar-refractivity contribution in [3.63, 3.8) is 0 Å². The Hall–Kier alpha value is -5.84. The van der Waals surface area contributed by atoms with Gasteiger partial charge in [0.15, 0.2) is 0 Å². The smallest absolute Gasteiger partial charge is 0.333 e. The van der Waals surface area contributed by atoms with Gasteiger partial charge in [0.2, 0.25) is 0 Å². The first kappa shape index (κ1) is 67.3. The molecule has 2 aliphatic heterocycles. The molecule has 4 aromatic rings. The molecule has 2 heterocycles.